The number of rotatable bonds is 11. The van der Waals surface area contributed by atoms with Crippen LogP contribution in [0.25, 0.3) is 11.1 Å². The zero-order valence-electron chi connectivity index (χ0n) is 27.4. The predicted molar refractivity (Wildman–Crippen MR) is 196 cm³/mol. The highest BCUT2D eigenvalue weighted by Gasteiger charge is 2.15. The average molecular weight is 657 g/mol. The molecule has 0 heterocycles. The Bertz CT molecular complexity index is 2280. The maximum Gasteiger partial charge on any atom is 0.148 e. The van der Waals surface area contributed by atoms with Gasteiger partial charge in [0, 0.05) is 35.8 Å². The molecule has 51 heavy (non-hydrogen) atoms. The summed E-state index contributed by atoms with van der Waals surface area (Å²) < 4.78 is 0. The van der Waals surface area contributed by atoms with E-state index in [0.717, 1.165) is 40.3 Å². The zero-order valence-corrected chi connectivity index (χ0v) is 27.4. The van der Waals surface area contributed by atoms with Crippen molar-refractivity contribution in [1.82, 2.24) is 0 Å². The van der Waals surface area contributed by atoms with Gasteiger partial charge in [0.15, 0.2) is 0 Å². The van der Waals surface area contributed by atoms with Crippen LogP contribution in [0.4, 0.5) is 22.7 Å². The summed E-state index contributed by atoms with van der Waals surface area (Å²) in [5.74, 6) is 0. The summed E-state index contributed by atoms with van der Waals surface area (Å²) in [6.07, 6.45) is 0.749. The van der Waals surface area contributed by atoms with Crippen LogP contribution in [0.15, 0.2) is 145 Å². The zero-order chi connectivity index (χ0) is 36.0. The molecule has 0 saturated carbocycles. The smallest absolute Gasteiger partial charge is 0.148 e. The lowest BCUT2D eigenvalue weighted by atomic mass is 10.0. The summed E-state index contributed by atoms with van der Waals surface area (Å²) in [6.45, 7) is 1.25. The Morgan fingerprint density at radius 2 is 0.765 bits per heavy atom. The molecule has 0 bridgehead atoms. The fourth-order valence-electron chi connectivity index (χ4n) is 5.61. The molecule has 8 nitrogen and oxygen atoms in total. The van der Waals surface area contributed by atoms with Gasteiger partial charge >= 0.3 is 0 Å². The van der Waals surface area contributed by atoms with Crippen LogP contribution in [0.1, 0.15) is 22.3 Å². The summed E-state index contributed by atoms with van der Waals surface area (Å²) in [7, 11) is 0. The lowest BCUT2D eigenvalue weighted by Crippen LogP contribution is -2.20. The van der Waals surface area contributed by atoms with E-state index in [2.05, 4.69) is 34.1 Å². The van der Waals surface area contributed by atoms with Crippen LogP contribution >= 0.6 is 0 Å². The summed E-state index contributed by atoms with van der Waals surface area (Å²) in [5.41, 5.74) is 6.71. The lowest BCUT2D eigenvalue weighted by molar-refractivity contribution is 0.910. The molecular weight excluding hydrogens is 629 g/mol. The first-order chi connectivity index (χ1) is 25.0. The molecule has 5 aromatic carbocycles. The molecule has 0 aliphatic rings. The van der Waals surface area contributed by atoms with Crippen LogP contribution < -0.4 is 9.80 Å². The van der Waals surface area contributed by atoms with E-state index in [4.69, 9.17) is 0 Å². The van der Waals surface area contributed by atoms with E-state index in [0.29, 0.717) is 24.2 Å². The van der Waals surface area contributed by atoms with Crippen LogP contribution in [-0.4, -0.2) is 6.54 Å². The van der Waals surface area contributed by atoms with Gasteiger partial charge in [0.25, 0.3) is 0 Å². The van der Waals surface area contributed by atoms with Gasteiger partial charge in [0.05, 0.1) is 11.1 Å². The number of para-hydroxylation sites is 2. The van der Waals surface area contributed by atoms with Crippen LogP contribution in [-0.2, 0) is 13.0 Å². The molecule has 5 rings (SSSR count). The first kappa shape index (κ1) is 34.5. The van der Waals surface area contributed by atoms with E-state index in [-0.39, 0.29) is 22.3 Å². The first-order valence-electron chi connectivity index (χ1n) is 15.9. The van der Waals surface area contributed by atoms with Crippen LogP contribution in [0, 0.1) is 68.0 Å². The Hall–Kier alpha value is -7.88. The molecule has 0 fully saturated rings. The second kappa shape index (κ2) is 16.8. The number of nitrogens with zero attached hydrogens (tertiary/aromatic N) is 8. The molecule has 0 aliphatic carbocycles. The average Bonchev–Trinajstić information content (AvgIpc) is 3.20. The summed E-state index contributed by atoms with van der Waals surface area (Å²) in [6, 6.07) is 54.2. The van der Waals surface area contributed by atoms with E-state index >= 15 is 0 Å². The Kier molecular flexibility index (Phi) is 11.3. The third-order valence-electron chi connectivity index (χ3n) is 8.23. The standard InChI is InChI=1S/C43H28N8/c44-25-36(26-45)42(29-48)34-15-19-40(20-16-34)50(38-7-3-1-4-8-38)24-23-32-11-13-33(14-12-32)31-51(39-9-5-2-6-10-39)41-21-17-35(18-22-41)43(30-49)37(27-46)28-47/h1-22H,23-24,31H2. The Morgan fingerprint density at radius 1 is 0.392 bits per heavy atom. The van der Waals surface area contributed by atoms with Gasteiger partial charge < -0.3 is 9.80 Å². The quantitative estimate of drug-likeness (QED) is 0.128. The van der Waals surface area contributed by atoms with Crippen molar-refractivity contribution < 1.29 is 0 Å². The third-order valence-corrected chi connectivity index (χ3v) is 8.23. The van der Waals surface area contributed by atoms with Gasteiger partial charge in [-0.3, -0.25) is 0 Å². The summed E-state index contributed by atoms with van der Waals surface area (Å²) >= 11 is 0. The van der Waals surface area contributed by atoms with Crippen molar-refractivity contribution in [1.29, 1.82) is 31.6 Å². The fraction of sp³-hybridized carbons (Fsp3) is 0.0698. The predicted octanol–water partition coefficient (Wildman–Crippen LogP) is 9.05. The molecule has 0 unspecified atom stereocenters. The monoisotopic (exact) mass is 656 g/mol. The lowest BCUT2D eigenvalue weighted by Gasteiger charge is -2.26. The maximum absolute atomic E-state index is 9.59. The highest BCUT2D eigenvalue weighted by atomic mass is 15.1. The number of hydrogen-bond acceptors (Lipinski definition) is 8. The van der Waals surface area contributed by atoms with E-state index in [1.807, 2.05) is 97.1 Å². The van der Waals surface area contributed by atoms with Gasteiger partial charge in [0.2, 0.25) is 0 Å². The first-order valence-corrected chi connectivity index (χ1v) is 15.9. The van der Waals surface area contributed by atoms with Crippen LogP contribution in [0.5, 0.6) is 0 Å². The van der Waals surface area contributed by atoms with E-state index in [1.165, 1.54) is 0 Å². The minimum absolute atomic E-state index is 0.0475. The second-order valence-electron chi connectivity index (χ2n) is 11.2. The number of hydrogen-bond donors (Lipinski definition) is 0. The molecule has 240 valence electrons. The number of nitriles is 6. The molecule has 0 N–H and O–H groups in total. The van der Waals surface area contributed by atoms with Crippen LogP contribution in [0.3, 0.4) is 0 Å². The van der Waals surface area contributed by atoms with Gasteiger partial charge in [0.1, 0.15) is 47.6 Å². The van der Waals surface area contributed by atoms with Crippen LogP contribution in [0.2, 0.25) is 0 Å². The van der Waals surface area contributed by atoms with Gasteiger partial charge in [-0.15, -0.1) is 0 Å². The van der Waals surface area contributed by atoms with E-state index in [9.17, 15) is 31.6 Å². The third kappa shape index (κ3) is 8.17. The minimum atomic E-state index is -0.219. The van der Waals surface area contributed by atoms with Crippen molar-refractivity contribution in [2.75, 3.05) is 16.3 Å². The highest BCUT2D eigenvalue weighted by molar-refractivity contribution is 5.86. The molecule has 0 amide bonds. The molecule has 0 aliphatic heterocycles. The van der Waals surface area contributed by atoms with Gasteiger partial charge in [-0.1, -0.05) is 84.9 Å². The topological polar surface area (TPSA) is 149 Å². The molecule has 0 radical (unpaired) electrons. The Labute approximate surface area is 297 Å². The van der Waals surface area contributed by atoms with Gasteiger partial charge in [-0.25, -0.2) is 0 Å². The van der Waals surface area contributed by atoms with Gasteiger partial charge in [-0.05, 0) is 77.2 Å². The van der Waals surface area contributed by atoms with Crippen molar-refractivity contribution in [3.05, 3.63) is 167 Å². The molecular formula is C43H28N8. The van der Waals surface area contributed by atoms with E-state index < -0.39 is 0 Å². The SMILES string of the molecule is N#CC(C#N)=C(C#N)c1ccc(N(CCc2ccc(CN(c3ccccc3)c3ccc(C(C#N)=C(C#N)C#N)cc3)cc2)c2ccccc2)cc1. The van der Waals surface area contributed by atoms with E-state index in [1.54, 1.807) is 48.5 Å². The Balaban J connectivity index is 1.36. The molecule has 0 saturated heterocycles. The van der Waals surface area contributed by atoms with Crippen molar-refractivity contribution in [2.24, 2.45) is 0 Å². The molecule has 8 heteroatoms. The second-order valence-corrected chi connectivity index (χ2v) is 11.2. The molecule has 0 aromatic heterocycles. The maximum atomic E-state index is 9.59. The molecule has 5 aromatic rings. The largest absolute Gasteiger partial charge is 0.341 e. The molecule has 0 spiro atoms. The molecule has 0 atom stereocenters. The minimum Gasteiger partial charge on any atom is -0.341 e. The number of benzene rings is 5. The number of allylic oxidation sites excluding steroid dienone is 4. The fourth-order valence-corrected chi connectivity index (χ4v) is 5.61. The summed E-state index contributed by atoms with van der Waals surface area (Å²) in [4.78, 5) is 4.35. The van der Waals surface area contributed by atoms with Crippen molar-refractivity contribution in [2.45, 2.75) is 13.0 Å². The summed E-state index contributed by atoms with van der Waals surface area (Å²) in [5, 5.41) is 56.2. The van der Waals surface area contributed by atoms with Crippen molar-refractivity contribution in [3.8, 4) is 36.4 Å². The Morgan fingerprint density at radius 3 is 1.18 bits per heavy atom. The van der Waals surface area contributed by atoms with Crippen molar-refractivity contribution >= 4 is 33.9 Å². The number of anilines is 4. The van der Waals surface area contributed by atoms with Gasteiger partial charge in [-0.2, -0.15) is 31.6 Å². The van der Waals surface area contributed by atoms with Crippen molar-refractivity contribution in [3.63, 3.8) is 0 Å². The normalized spacial score (nSPS) is 9.69. The highest BCUT2D eigenvalue weighted by Crippen LogP contribution is 2.31.